The molecule has 2 N–H and O–H groups in total. The summed E-state index contributed by atoms with van der Waals surface area (Å²) >= 11 is 0. The van der Waals surface area contributed by atoms with Crippen LogP contribution < -0.4 is 10.9 Å². The van der Waals surface area contributed by atoms with Crippen molar-refractivity contribution in [2.24, 2.45) is 5.92 Å². The minimum atomic E-state index is -0.614. The maximum Gasteiger partial charge on any atom is 0.356 e. The molecule has 0 radical (unpaired) electrons. The van der Waals surface area contributed by atoms with Crippen LogP contribution in [0.4, 0.5) is 10.1 Å². The molecular formula is C25H27FN4O4. The molecule has 0 unspecified atom stereocenters. The number of amides is 1. The van der Waals surface area contributed by atoms with Gasteiger partial charge in [0.05, 0.1) is 18.3 Å². The van der Waals surface area contributed by atoms with Crippen LogP contribution in [0.25, 0.3) is 10.9 Å². The first-order valence-electron chi connectivity index (χ1n) is 11.6. The Kier molecular flexibility index (Phi) is 5.73. The van der Waals surface area contributed by atoms with Crippen LogP contribution >= 0.6 is 0 Å². The van der Waals surface area contributed by atoms with Gasteiger partial charge in [0, 0.05) is 48.2 Å². The van der Waals surface area contributed by atoms with E-state index in [1.54, 1.807) is 19.1 Å². The molecule has 9 heteroatoms. The van der Waals surface area contributed by atoms with Gasteiger partial charge in [-0.3, -0.25) is 14.5 Å². The topological polar surface area (TPSA) is 96.4 Å². The molecule has 178 valence electrons. The molecule has 3 aromatic rings. The molecule has 5 rings (SSSR count). The molecular weight excluding hydrogens is 439 g/mol. The Morgan fingerprint density at radius 1 is 1.24 bits per heavy atom. The molecule has 3 atom stereocenters. The van der Waals surface area contributed by atoms with E-state index in [0.717, 1.165) is 12.1 Å². The Morgan fingerprint density at radius 3 is 2.85 bits per heavy atom. The van der Waals surface area contributed by atoms with Gasteiger partial charge in [0.2, 0.25) is 5.91 Å². The highest BCUT2D eigenvalue weighted by Gasteiger charge is 2.37. The SMILES string of the molecule is CCOC(=O)c1[nH]c2ccc(F)cc2c1NC(=O)[C@@H](C)N1C[C@@H]2C[C@@H](C1)c1cccc(=O)n1C2. The third kappa shape index (κ3) is 3.90. The summed E-state index contributed by atoms with van der Waals surface area (Å²) in [6.45, 7) is 5.69. The average molecular weight is 467 g/mol. The molecule has 1 fully saturated rings. The number of nitrogens with one attached hydrogen (secondary N) is 2. The van der Waals surface area contributed by atoms with E-state index >= 15 is 0 Å². The first-order valence-corrected chi connectivity index (χ1v) is 11.6. The van der Waals surface area contributed by atoms with Crippen molar-refractivity contribution in [3.63, 3.8) is 0 Å². The van der Waals surface area contributed by atoms with E-state index in [-0.39, 0.29) is 41.3 Å². The van der Waals surface area contributed by atoms with Crippen LogP contribution in [0.1, 0.15) is 42.4 Å². The highest BCUT2D eigenvalue weighted by molar-refractivity contribution is 6.11. The van der Waals surface area contributed by atoms with Gasteiger partial charge in [-0.25, -0.2) is 9.18 Å². The molecule has 1 aromatic carbocycles. The Bertz CT molecular complexity index is 1330. The number of hydrogen-bond acceptors (Lipinski definition) is 5. The molecule has 2 aliphatic heterocycles. The molecule has 1 amide bonds. The number of fused-ring (bicyclic) bond motifs is 5. The van der Waals surface area contributed by atoms with E-state index < -0.39 is 17.8 Å². The Hall–Kier alpha value is -3.46. The number of carbonyl (C=O) groups excluding carboxylic acids is 2. The fraction of sp³-hybridized carbons (Fsp3) is 0.400. The van der Waals surface area contributed by atoms with Crippen LogP contribution in [0.15, 0.2) is 41.2 Å². The van der Waals surface area contributed by atoms with Gasteiger partial charge in [-0.15, -0.1) is 0 Å². The molecule has 0 aliphatic carbocycles. The fourth-order valence-electron chi connectivity index (χ4n) is 5.29. The van der Waals surface area contributed by atoms with Crippen molar-refractivity contribution in [1.29, 1.82) is 0 Å². The number of benzene rings is 1. The van der Waals surface area contributed by atoms with Crippen LogP contribution in [0.3, 0.4) is 0 Å². The van der Waals surface area contributed by atoms with Gasteiger partial charge in [-0.2, -0.15) is 0 Å². The number of carbonyl (C=O) groups is 2. The van der Waals surface area contributed by atoms with Gasteiger partial charge in [-0.05, 0) is 50.5 Å². The zero-order valence-electron chi connectivity index (χ0n) is 19.1. The maximum absolute atomic E-state index is 14.0. The van der Waals surface area contributed by atoms with Gasteiger partial charge >= 0.3 is 5.97 Å². The van der Waals surface area contributed by atoms with Gasteiger partial charge in [0.1, 0.15) is 11.5 Å². The maximum atomic E-state index is 14.0. The van der Waals surface area contributed by atoms with Crippen molar-refractivity contribution in [2.75, 3.05) is 25.0 Å². The minimum Gasteiger partial charge on any atom is -0.461 e. The normalized spacial score (nSPS) is 20.6. The van der Waals surface area contributed by atoms with Crippen LogP contribution in [-0.4, -0.2) is 52.1 Å². The fourth-order valence-corrected chi connectivity index (χ4v) is 5.29. The predicted molar refractivity (Wildman–Crippen MR) is 125 cm³/mol. The first-order chi connectivity index (χ1) is 16.4. The standard InChI is InChI=1S/C25H27FN4O4/c1-3-34-25(33)23-22(18-10-17(26)7-8-19(18)27-23)28-24(32)14(2)29-11-15-9-16(13-29)20-5-4-6-21(31)30(20)12-15/h4-8,10,14-16,27H,3,9,11-13H2,1-2H3,(H,28,32)/t14-,15+,16+/m1/s1. The third-order valence-electron chi connectivity index (χ3n) is 6.92. The van der Waals surface area contributed by atoms with Crippen molar-refractivity contribution >= 4 is 28.5 Å². The van der Waals surface area contributed by atoms with E-state index in [1.807, 2.05) is 17.6 Å². The lowest BCUT2D eigenvalue weighted by Crippen LogP contribution is -2.52. The lowest BCUT2D eigenvalue weighted by atomic mass is 9.82. The number of halogens is 1. The number of ether oxygens (including phenoxy) is 1. The number of H-pyrrole nitrogens is 1. The first kappa shape index (κ1) is 22.3. The number of aromatic amines is 1. The van der Waals surface area contributed by atoms with Crippen molar-refractivity contribution in [2.45, 2.75) is 38.8 Å². The summed E-state index contributed by atoms with van der Waals surface area (Å²) in [5, 5.41) is 3.27. The van der Waals surface area contributed by atoms with E-state index in [2.05, 4.69) is 15.2 Å². The van der Waals surface area contributed by atoms with E-state index in [4.69, 9.17) is 4.74 Å². The lowest BCUT2D eigenvalue weighted by Gasteiger charge is -2.44. The highest BCUT2D eigenvalue weighted by atomic mass is 19.1. The average Bonchev–Trinajstić information content (AvgIpc) is 3.17. The highest BCUT2D eigenvalue weighted by Crippen LogP contribution is 2.36. The zero-order valence-corrected chi connectivity index (χ0v) is 19.1. The quantitative estimate of drug-likeness (QED) is 0.564. The summed E-state index contributed by atoms with van der Waals surface area (Å²) in [6.07, 6.45) is 0.989. The summed E-state index contributed by atoms with van der Waals surface area (Å²) in [4.78, 5) is 43.2. The van der Waals surface area contributed by atoms with Crippen LogP contribution in [0, 0.1) is 11.7 Å². The second-order valence-electron chi connectivity index (χ2n) is 9.10. The molecule has 4 heterocycles. The summed E-state index contributed by atoms with van der Waals surface area (Å²) in [5.74, 6) is -0.922. The van der Waals surface area contributed by atoms with Crippen molar-refractivity contribution in [3.8, 4) is 0 Å². The van der Waals surface area contributed by atoms with Crippen molar-refractivity contribution < 1.29 is 18.7 Å². The summed E-state index contributed by atoms with van der Waals surface area (Å²) < 4.78 is 20.9. The van der Waals surface area contributed by atoms with Crippen molar-refractivity contribution in [3.05, 3.63) is 64.0 Å². The Balaban J connectivity index is 1.40. The van der Waals surface area contributed by atoms with Crippen molar-refractivity contribution in [1.82, 2.24) is 14.5 Å². The molecule has 2 aromatic heterocycles. The number of esters is 1. The lowest BCUT2D eigenvalue weighted by molar-refractivity contribution is -0.121. The summed E-state index contributed by atoms with van der Waals surface area (Å²) in [6, 6.07) is 8.98. The third-order valence-corrected chi connectivity index (χ3v) is 6.92. The number of anilines is 1. The molecule has 1 saturated heterocycles. The molecule has 8 nitrogen and oxygen atoms in total. The van der Waals surface area contributed by atoms with Gasteiger partial charge in [0.25, 0.3) is 5.56 Å². The summed E-state index contributed by atoms with van der Waals surface area (Å²) in [5.41, 5.74) is 1.87. The van der Waals surface area contributed by atoms with Crippen LogP contribution in [0.5, 0.6) is 0 Å². The van der Waals surface area contributed by atoms with E-state index in [1.165, 1.54) is 18.2 Å². The summed E-state index contributed by atoms with van der Waals surface area (Å²) in [7, 11) is 0. The second kappa shape index (κ2) is 8.72. The molecule has 34 heavy (non-hydrogen) atoms. The molecule has 0 saturated carbocycles. The van der Waals surface area contributed by atoms with E-state index in [9.17, 15) is 18.8 Å². The monoisotopic (exact) mass is 466 g/mol. The van der Waals surface area contributed by atoms with Gasteiger partial charge < -0.3 is 19.6 Å². The van der Waals surface area contributed by atoms with Gasteiger partial charge in [-0.1, -0.05) is 6.07 Å². The smallest absolute Gasteiger partial charge is 0.356 e. The number of rotatable bonds is 5. The van der Waals surface area contributed by atoms with E-state index in [0.29, 0.717) is 30.5 Å². The largest absolute Gasteiger partial charge is 0.461 e. The molecule has 2 aliphatic rings. The molecule has 2 bridgehead atoms. The molecule has 0 spiro atoms. The van der Waals surface area contributed by atoms with Crippen LogP contribution in [-0.2, 0) is 16.1 Å². The Labute approximate surface area is 195 Å². The number of aromatic nitrogens is 2. The van der Waals surface area contributed by atoms with Gasteiger partial charge in [0.15, 0.2) is 0 Å². The number of hydrogen-bond donors (Lipinski definition) is 2. The second-order valence-corrected chi connectivity index (χ2v) is 9.10. The number of pyridine rings is 1. The zero-order chi connectivity index (χ0) is 24.0. The van der Waals surface area contributed by atoms with Crippen LogP contribution in [0.2, 0.25) is 0 Å². The Morgan fingerprint density at radius 2 is 2.06 bits per heavy atom. The number of piperidine rings is 1. The predicted octanol–water partition coefficient (Wildman–Crippen LogP) is 3.09. The number of nitrogens with zero attached hydrogens (tertiary/aromatic N) is 2. The number of likely N-dealkylation sites (tertiary alicyclic amines) is 1. The minimum absolute atomic E-state index is 0.0181.